The number of piperazine rings is 1. The van der Waals surface area contributed by atoms with Crippen LogP contribution >= 0.6 is 11.8 Å². The molecular formula is C25H45FN4O5S. The molecule has 9 nitrogen and oxygen atoms in total. The highest BCUT2D eigenvalue weighted by molar-refractivity contribution is 8.00. The molecule has 0 aliphatic carbocycles. The Kier molecular flexibility index (Phi) is 12.6. The molecule has 0 aromatic rings. The van der Waals surface area contributed by atoms with E-state index in [4.69, 9.17) is 9.47 Å². The maximum Gasteiger partial charge on any atom is 0.257 e. The Labute approximate surface area is 219 Å². The van der Waals surface area contributed by atoms with Crippen molar-refractivity contribution in [3.63, 3.8) is 0 Å². The van der Waals surface area contributed by atoms with E-state index in [9.17, 15) is 18.8 Å². The second-order valence-corrected chi connectivity index (χ2v) is 12.3. The predicted octanol–water partition coefficient (Wildman–Crippen LogP) is 1.20. The summed E-state index contributed by atoms with van der Waals surface area (Å²) in [5.74, 6) is -0.611. The summed E-state index contributed by atoms with van der Waals surface area (Å²) < 4.78 is 24.9. The Morgan fingerprint density at radius 1 is 1.06 bits per heavy atom. The highest BCUT2D eigenvalue weighted by atomic mass is 32.2. The Morgan fingerprint density at radius 2 is 1.69 bits per heavy atom. The number of alkyl halides is 1. The van der Waals surface area contributed by atoms with E-state index in [2.05, 4.69) is 22.2 Å². The van der Waals surface area contributed by atoms with Crippen LogP contribution in [0.25, 0.3) is 0 Å². The standard InChI is InChI=1S/C25H45FN4O5S/c1-24(2,26)23(33)27-21(22(32)30-8-6-7-20(30)19-31)25(3,4)36-18-17-35-16-15-34-14-13-29-11-9-28(5)10-12-29/h19-21H,6-18H2,1-5H3,(H,27,33)/t20-,21+/m0/s1. The molecule has 2 fully saturated rings. The zero-order valence-electron chi connectivity index (χ0n) is 22.6. The number of rotatable bonds is 15. The number of amides is 2. The molecule has 0 unspecified atom stereocenters. The first-order chi connectivity index (χ1) is 17.0. The fourth-order valence-electron chi connectivity index (χ4n) is 4.24. The lowest BCUT2D eigenvalue weighted by molar-refractivity contribution is -0.141. The van der Waals surface area contributed by atoms with Crippen LogP contribution < -0.4 is 5.32 Å². The number of thioether (sulfide) groups is 1. The van der Waals surface area contributed by atoms with Gasteiger partial charge in [0.05, 0.1) is 32.5 Å². The number of carbonyl (C=O) groups is 3. The summed E-state index contributed by atoms with van der Waals surface area (Å²) in [6.07, 6.45) is 2.09. The third-order valence-corrected chi connectivity index (χ3v) is 8.07. The van der Waals surface area contributed by atoms with Gasteiger partial charge in [-0.1, -0.05) is 0 Å². The molecule has 0 radical (unpaired) electrons. The molecule has 0 bridgehead atoms. The molecular weight excluding hydrogens is 487 g/mol. The van der Waals surface area contributed by atoms with Crippen LogP contribution in [0.15, 0.2) is 0 Å². The topological polar surface area (TPSA) is 91.4 Å². The van der Waals surface area contributed by atoms with Crippen molar-refractivity contribution in [1.29, 1.82) is 0 Å². The van der Waals surface area contributed by atoms with Gasteiger partial charge in [-0.3, -0.25) is 14.5 Å². The fourth-order valence-corrected chi connectivity index (χ4v) is 5.30. The van der Waals surface area contributed by atoms with Gasteiger partial charge in [-0.25, -0.2) is 4.39 Å². The van der Waals surface area contributed by atoms with E-state index in [0.717, 1.165) is 59.3 Å². The summed E-state index contributed by atoms with van der Waals surface area (Å²) >= 11 is 1.47. The summed E-state index contributed by atoms with van der Waals surface area (Å²) in [7, 11) is 2.14. The van der Waals surface area contributed by atoms with E-state index in [1.807, 2.05) is 13.8 Å². The highest BCUT2D eigenvalue weighted by Gasteiger charge is 2.44. The van der Waals surface area contributed by atoms with Gasteiger partial charge in [0.1, 0.15) is 12.3 Å². The number of aldehydes is 1. The van der Waals surface area contributed by atoms with Gasteiger partial charge in [0.2, 0.25) is 5.91 Å². The van der Waals surface area contributed by atoms with Crippen LogP contribution in [-0.4, -0.2) is 134 Å². The third-order valence-electron chi connectivity index (χ3n) is 6.72. The molecule has 2 amide bonds. The normalized spacial score (nSPS) is 20.9. The molecule has 2 saturated heterocycles. The highest BCUT2D eigenvalue weighted by Crippen LogP contribution is 2.31. The predicted molar refractivity (Wildman–Crippen MR) is 140 cm³/mol. The molecule has 0 aromatic heterocycles. The fraction of sp³-hybridized carbons (Fsp3) is 0.880. The van der Waals surface area contributed by atoms with Crippen molar-refractivity contribution in [2.24, 2.45) is 0 Å². The van der Waals surface area contributed by atoms with Crippen LogP contribution in [0.3, 0.4) is 0 Å². The number of hydrogen-bond acceptors (Lipinski definition) is 8. The number of ether oxygens (including phenoxy) is 2. The lowest BCUT2D eigenvalue weighted by Crippen LogP contribution is -2.60. The first-order valence-corrected chi connectivity index (χ1v) is 13.9. The number of nitrogens with one attached hydrogen (secondary N) is 1. The molecule has 1 N–H and O–H groups in total. The zero-order chi connectivity index (χ0) is 26.8. The lowest BCUT2D eigenvalue weighted by atomic mass is 9.99. The van der Waals surface area contributed by atoms with Gasteiger partial charge in [0.25, 0.3) is 5.91 Å². The van der Waals surface area contributed by atoms with Crippen LogP contribution in [0.2, 0.25) is 0 Å². The summed E-state index contributed by atoms with van der Waals surface area (Å²) in [6, 6.07) is -1.47. The van der Waals surface area contributed by atoms with Crippen molar-refractivity contribution >= 4 is 29.9 Å². The SMILES string of the molecule is CN1CCN(CCOCCOCCSC(C)(C)[C@H](NC(=O)C(C)(C)F)C(=O)N2CCC[C@H]2C=O)CC1. The minimum atomic E-state index is -2.12. The molecule has 2 aliphatic rings. The van der Waals surface area contributed by atoms with Crippen LogP contribution in [0.5, 0.6) is 0 Å². The summed E-state index contributed by atoms with van der Waals surface area (Å²) in [6.45, 7) is 13.9. The summed E-state index contributed by atoms with van der Waals surface area (Å²) in [5.41, 5.74) is -2.12. The van der Waals surface area contributed by atoms with E-state index < -0.39 is 28.4 Å². The van der Waals surface area contributed by atoms with Gasteiger partial charge in [-0.2, -0.15) is 11.8 Å². The molecule has 36 heavy (non-hydrogen) atoms. The van der Waals surface area contributed by atoms with Crippen LogP contribution in [0.1, 0.15) is 40.5 Å². The van der Waals surface area contributed by atoms with Gasteiger partial charge in [-0.15, -0.1) is 0 Å². The van der Waals surface area contributed by atoms with Crippen LogP contribution in [0.4, 0.5) is 4.39 Å². The molecule has 2 heterocycles. The van der Waals surface area contributed by atoms with Crippen LogP contribution in [-0.2, 0) is 23.9 Å². The van der Waals surface area contributed by atoms with Crippen molar-refractivity contribution in [2.45, 2.75) is 63.0 Å². The number of likely N-dealkylation sites (N-methyl/N-ethyl adjacent to an activating group) is 1. The third kappa shape index (κ3) is 9.89. The molecule has 0 aromatic carbocycles. The maximum atomic E-state index is 14.3. The van der Waals surface area contributed by atoms with Gasteiger partial charge >= 0.3 is 0 Å². The van der Waals surface area contributed by atoms with E-state index in [1.165, 1.54) is 16.7 Å². The minimum absolute atomic E-state index is 0.352. The Morgan fingerprint density at radius 3 is 2.31 bits per heavy atom. The van der Waals surface area contributed by atoms with Crippen molar-refractivity contribution in [3.8, 4) is 0 Å². The quantitative estimate of drug-likeness (QED) is 0.249. The monoisotopic (exact) mass is 532 g/mol. The number of nitrogens with zero attached hydrogens (tertiary/aromatic N) is 3. The molecule has 11 heteroatoms. The van der Waals surface area contributed by atoms with Crippen molar-refractivity contribution in [1.82, 2.24) is 20.0 Å². The molecule has 2 aliphatic heterocycles. The van der Waals surface area contributed by atoms with Crippen molar-refractivity contribution < 1.29 is 28.2 Å². The first-order valence-electron chi connectivity index (χ1n) is 12.9. The van der Waals surface area contributed by atoms with Crippen molar-refractivity contribution in [2.75, 3.05) is 78.5 Å². The second kappa shape index (κ2) is 14.6. The summed E-state index contributed by atoms with van der Waals surface area (Å²) in [4.78, 5) is 43.4. The Balaban J connectivity index is 1.75. The Bertz CT molecular complexity index is 713. The number of halogens is 1. The van der Waals surface area contributed by atoms with Gasteiger partial charge in [-0.05, 0) is 47.6 Å². The molecule has 0 saturated carbocycles. The van der Waals surface area contributed by atoms with E-state index in [1.54, 1.807) is 0 Å². The van der Waals surface area contributed by atoms with E-state index >= 15 is 0 Å². The first kappa shape index (κ1) is 31.0. The average molecular weight is 533 g/mol. The molecule has 2 atom stereocenters. The van der Waals surface area contributed by atoms with Gasteiger partial charge in [0, 0.05) is 49.8 Å². The maximum absolute atomic E-state index is 14.3. The summed E-state index contributed by atoms with van der Waals surface area (Å²) in [5, 5.41) is 2.61. The van der Waals surface area contributed by atoms with E-state index in [0.29, 0.717) is 45.1 Å². The van der Waals surface area contributed by atoms with Crippen molar-refractivity contribution in [3.05, 3.63) is 0 Å². The number of hydrogen-bond donors (Lipinski definition) is 1. The molecule has 208 valence electrons. The van der Waals surface area contributed by atoms with Gasteiger partial charge < -0.3 is 29.4 Å². The lowest BCUT2D eigenvalue weighted by Gasteiger charge is -2.37. The average Bonchev–Trinajstić information content (AvgIpc) is 3.30. The Hall–Kier alpha value is -1.27. The molecule has 0 spiro atoms. The molecule has 2 rings (SSSR count). The number of likely N-dealkylation sites (tertiary alicyclic amines) is 1. The number of carbonyl (C=O) groups excluding carboxylic acids is 3. The second-order valence-electron chi connectivity index (χ2n) is 10.6. The van der Waals surface area contributed by atoms with Gasteiger partial charge in [0.15, 0.2) is 5.67 Å². The largest absolute Gasteiger partial charge is 0.378 e. The van der Waals surface area contributed by atoms with E-state index in [-0.39, 0.29) is 5.91 Å². The van der Waals surface area contributed by atoms with Crippen LogP contribution in [0, 0.1) is 0 Å². The zero-order valence-corrected chi connectivity index (χ0v) is 23.4. The smallest absolute Gasteiger partial charge is 0.257 e. The minimum Gasteiger partial charge on any atom is -0.378 e.